The van der Waals surface area contributed by atoms with Gasteiger partial charge in [-0.25, -0.2) is 4.79 Å². The van der Waals surface area contributed by atoms with Gasteiger partial charge in [0.25, 0.3) is 5.56 Å². The Bertz CT molecular complexity index is 760. The highest BCUT2D eigenvalue weighted by Crippen LogP contribution is 2.19. The molecule has 106 valence electrons. The van der Waals surface area contributed by atoms with E-state index in [2.05, 4.69) is 16.8 Å². The zero-order valence-electron chi connectivity index (χ0n) is 11.8. The number of hydrogen-bond acceptors (Lipinski definition) is 3. The van der Waals surface area contributed by atoms with Crippen molar-refractivity contribution in [2.45, 2.75) is 26.3 Å². The first-order chi connectivity index (χ1) is 9.61. The minimum absolute atomic E-state index is 0.0183. The predicted molar refractivity (Wildman–Crippen MR) is 79.3 cm³/mol. The third kappa shape index (κ3) is 1.98. The van der Waals surface area contributed by atoms with Gasteiger partial charge in [-0.2, -0.15) is 0 Å². The second-order valence-electron chi connectivity index (χ2n) is 5.44. The Morgan fingerprint density at radius 2 is 2.15 bits per heavy atom. The molecule has 2 aromatic rings. The molecule has 1 atom stereocenters. The molecule has 0 amide bonds. The summed E-state index contributed by atoms with van der Waals surface area (Å²) in [4.78, 5) is 30.0. The fraction of sp³-hybridized carbons (Fsp3) is 0.467. The molecule has 3 rings (SSSR count). The van der Waals surface area contributed by atoms with Crippen LogP contribution >= 0.6 is 0 Å². The first-order valence-corrected chi connectivity index (χ1v) is 7.08. The predicted octanol–water partition coefficient (Wildman–Crippen LogP) is 1.26. The van der Waals surface area contributed by atoms with Crippen molar-refractivity contribution < 1.29 is 0 Å². The smallest absolute Gasteiger partial charge is 0.307 e. The summed E-state index contributed by atoms with van der Waals surface area (Å²) in [5.41, 5.74) is 1.07. The molecule has 1 aromatic heterocycles. The molecule has 0 aliphatic carbocycles. The summed E-state index contributed by atoms with van der Waals surface area (Å²) in [6, 6.07) is 5.52. The number of likely N-dealkylation sites (tertiary alicyclic amines) is 1. The summed E-state index contributed by atoms with van der Waals surface area (Å²) >= 11 is 0. The molecule has 2 heterocycles. The van der Waals surface area contributed by atoms with Gasteiger partial charge in [0.05, 0.1) is 16.9 Å². The largest absolute Gasteiger partial charge is 0.329 e. The first kappa shape index (κ1) is 13.1. The lowest BCUT2D eigenvalue weighted by Crippen LogP contribution is -2.39. The van der Waals surface area contributed by atoms with Crippen molar-refractivity contribution in [1.82, 2.24) is 14.5 Å². The lowest BCUT2D eigenvalue weighted by atomic mass is 10.1. The number of aromatic amines is 1. The molecule has 5 nitrogen and oxygen atoms in total. The van der Waals surface area contributed by atoms with Gasteiger partial charge < -0.3 is 9.88 Å². The molecule has 0 spiro atoms. The number of aryl methyl sites for hydroxylation is 1. The van der Waals surface area contributed by atoms with E-state index < -0.39 is 0 Å². The first-order valence-electron chi connectivity index (χ1n) is 7.08. The van der Waals surface area contributed by atoms with Gasteiger partial charge in [-0.15, -0.1) is 0 Å². The van der Waals surface area contributed by atoms with Gasteiger partial charge in [0, 0.05) is 13.1 Å². The van der Waals surface area contributed by atoms with Crippen LogP contribution in [0.1, 0.15) is 24.9 Å². The van der Waals surface area contributed by atoms with E-state index in [0.717, 1.165) is 31.6 Å². The molecule has 1 fully saturated rings. The van der Waals surface area contributed by atoms with E-state index in [1.54, 1.807) is 6.07 Å². The number of nitrogens with one attached hydrogen (secondary N) is 1. The van der Waals surface area contributed by atoms with Gasteiger partial charge in [0.15, 0.2) is 0 Å². The Morgan fingerprint density at radius 3 is 2.85 bits per heavy atom. The van der Waals surface area contributed by atoms with Crippen LogP contribution in [0.2, 0.25) is 0 Å². The van der Waals surface area contributed by atoms with Gasteiger partial charge in [0.2, 0.25) is 0 Å². The van der Waals surface area contributed by atoms with Crippen LogP contribution in [-0.4, -0.2) is 34.1 Å². The van der Waals surface area contributed by atoms with E-state index >= 15 is 0 Å². The van der Waals surface area contributed by atoms with Crippen LogP contribution in [0.3, 0.4) is 0 Å². The van der Waals surface area contributed by atoms with Crippen molar-refractivity contribution in [2.24, 2.45) is 0 Å². The summed E-state index contributed by atoms with van der Waals surface area (Å²) in [7, 11) is 0. The fourth-order valence-electron chi connectivity index (χ4n) is 3.09. The van der Waals surface area contributed by atoms with Crippen molar-refractivity contribution in [3.05, 3.63) is 44.6 Å². The molecular weight excluding hydrogens is 254 g/mol. The molecular formula is C15H19N3O2. The summed E-state index contributed by atoms with van der Waals surface area (Å²) in [5, 5.41) is 0.627. The van der Waals surface area contributed by atoms with Gasteiger partial charge in [-0.3, -0.25) is 9.36 Å². The maximum Gasteiger partial charge on any atom is 0.329 e. The van der Waals surface area contributed by atoms with Crippen molar-refractivity contribution in [3.8, 4) is 0 Å². The molecule has 1 N–H and O–H groups in total. The number of likely N-dealkylation sites (N-methyl/N-ethyl adjacent to an activating group) is 1. The highest BCUT2D eigenvalue weighted by atomic mass is 16.2. The Labute approximate surface area is 116 Å². The van der Waals surface area contributed by atoms with Crippen LogP contribution < -0.4 is 11.2 Å². The monoisotopic (exact) mass is 273 g/mol. The Hall–Kier alpha value is -1.88. The zero-order chi connectivity index (χ0) is 14.3. The highest BCUT2D eigenvalue weighted by molar-refractivity contribution is 5.80. The van der Waals surface area contributed by atoms with Crippen molar-refractivity contribution in [2.75, 3.05) is 19.6 Å². The molecule has 1 unspecified atom stereocenters. The molecule has 0 bridgehead atoms. The molecule has 0 saturated carbocycles. The summed E-state index contributed by atoms with van der Waals surface area (Å²) < 4.78 is 1.41. The third-order valence-electron chi connectivity index (χ3n) is 4.23. The average molecular weight is 273 g/mol. The Balaban J connectivity index is 2.19. The molecule has 1 aliphatic rings. The average Bonchev–Trinajstić information content (AvgIpc) is 2.87. The quantitative estimate of drug-likeness (QED) is 0.896. The van der Waals surface area contributed by atoms with Gasteiger partial charge in [-0.05, 0) is 31.5 Å². The summed E-state index contributed by atoms with van der Waals surface area (Å²) in [6.45, 7) is 6.67. The van der Waals surface area contributed by atoms with E-state index in [1.807, 2.05) is 19.1 Å². The van der Waals surface area contributed by atoms with Gasteiger partial charge >= 0.3 is 5.69 Å². The maximum atomic E-state index is 12.7. The molecule has 5 heteroatoms. The Kier molecular flexibility index (Phi) is 3.22. The normalized spacial score (nSPS) is 19.8. The van der Waals surface area contributed by atoms with Crippen molar-refractivity contribution in [3.63, 3.8) is 0 Å². The lowest BCUT2D eigenvalue weighted by molar-refractivity contribution is 0.338. The van der Waals surface area contributed by atoms with E-state index in [9.17, 15) is 9.59 Å². The van der Waals surface area contributed by atoms with E-state index in [4.69, 9.17) is 0 Å². The highest BCUT2D eigenvalue weighted by Gasteiger charge is 2.25. The number of rotatable bonds is 2. The second kappa shape index (κ2) is 4.90. The molecule has 1 aromatic carbocycles. The van der Waals surface area contributed by atoms with Crippen molar-refractivity contribution >= 4 is 10.9 Å². The number of aromatic nitrogens is 2. The third-order valence-corrected chi connectivity index (χ3v) is 4.23. The second-order valence-corrected chi connectivity index (χ2v) is 5.44. The van der Waals surface area contributed by atoms with Crippen LogP contribution in [0, 0.1) is 6.92 Å². The SMILES string of the molecule is CCN1CCC(n2c(=O)[nH]c3cccc(C)c3c2=O)C1. The van der Waals surface area contributed by atoms with Crippen molar-refractivity contribution in [1.29, 1.82) is 0 Å². The summed E-state index contributed by atoms with van der Waals surface area (Å²) in [6.07, 6.45) is 0.855. The molecule has 20 heavy (non-hydrogen) atoms. The van der Waals surface area contributed by atoms with Crippen LogP contribution in [0.25, 0.3) is 10.9 Å². The number of benzene rings is 1. The number of nitrogens with zero attached hydrogens (tertiary/aromatic N) is 2. The Morgan fingerprint density at radius 1 is 1.35 bits per heavy atom. The van der Waals surface area contributed by atoms with Gasteiger partial charge in [-0.1, -0.05) is 19.1 Å². The van der Waals surface area contributed by atoms with E-state index in [1.165, 1.54) is 4.57 Å². The topological polar surface area (TPSA) is 58.1 Å². The van der Waals surface area contributed by atoms with E-state index in [0.29, 0.717) is 10.9 Å². The fourth-order valence-corrected chi connectivity index (χ4v) is 3.09. The number of hydrogen-bond donors (Lipinski definition) is 1. The summed E-state index contributed by atoms with van der Waals surface area (Å²) in [5.74, 6) is 0. The van der Waals surface area contributed by atoms with E-state index in [-0.39, 0.29) is 17.3 Å². The van der Waals surface area contributed by atoms with Crippen LogP contribution in [-0.2, 0) is 0 Å². The standard InChI is InChI=1S/C15H19N3O2/c1-3-17-8-7-11(9-17)18-14(19)13-10(2)5-4-6-12(13)16-15(18)20/h4-6,11H,3,7-9H2,1-2H3,(H,16,20). The number of fused-ring (bicyclic) bond motifs is 1. The lowest BCUT2D eigenvalue weighted by Gasteiger charge is -2.15. The maximum absolute atomic E-state index is 12.7. The van der Waals surface area contributed by atoms with Crippen LogP contribution in [0.5, 0.6) is 0 Å². The zero-order valence-corrected chi connectivity index (χ0v) is 11.8. The molecule has 1 aliphatic heterocycles. The van der Waals surface area contributed by atoms with Crippen LogP contribution in [0.15, 0.2) is 27.8 Å². The molecule has 1 saturated heterocycles. The molecule has 0 radical (unpaired) electrons. The minimum atomic E-state index is -0.295. The van der Waals surface area contributed by atoms with Crippen LogP contribution in [0.4, 0.5) is 0 Å². The van der Waals surface area contributed by atoms with Gasteiger partial charge in [0.1, 0.15) is 0 Å². The number of H-pyrrole nitrogens is 1. The minimum Gasteiger partial charge on any atom is -0.307 e.